The van der Waals surface area contributed by atoms with Gasteiger partial charge < -0.3 is 10.6 Å². The first-order valence-electron chi connectivity index (χ1n) is 7.71. The van der Waals surface area contributed by atoms with Gasteiger partial charge in [0.15, 0.2) is 5.69 Å². The van der Waals surface area contributed by atoms with Gasteiger partial charge in [0.05, 0.1) is 17.4 Å². The van der Waals surface area contributed by atoms with Gasteiger partial charge in [-0.25, -0.2) is 0 Å². The highest BCUT2D eigenvalue weighted by Gasteiger charge is 2.15. The average Bonchev–Trinajstić information content (AvgIpc) is 3.24. The van der Waals surface area contributed by atoms with Crippen molar-refractivity contribution in [1.29, 1.82) is 0 Å². The number of H-pyrrole nitrogens is 1. The van der Waals surface area contributed by atoms with Crippen LogP contribution >= 0.6 is 0 Å². The summed E-state index contributed by atoms with van der Waals surface area (Å²) in [6, 6.07) is 7.98. The normalized spacial score (nSPS) is 14.5. The SMILES string of the molecule is NC(=O)c1n[nH]c2ccc(-c3cncc(N4CCCC4)c3)cc12. The van der Waals surface area contributed by atoms with Gasteiger partial charge in [-0.2, -0.15) is 5.10 Å². The van der Waals surface area contributed by atoms with Crippen molar-refractivity contribution in [2.75, 3.05) is 18.0 Å². The van der Waals surface area contributed by atoms with Crippen molar-refractivity contribution in [2.45, 2.75) is 12.8 Å². The number of anilines is 1. The summed E-state index contributed by atoms with van der Waals surface area (Å²) in [7, 11) is 0. The number of primary amides is 1. The van der Waals surface area contributed by atoms with Crippen molar-refractivity contribution in [3.05, 3.63) is 42.4 Å². The van der Waals surface area contributed by atoms with E-state index in [1.807, 2.05) is 30.6 Å². The Balaban J connectivity index is 1.77. The summed E-state index contributed by atoms with van der Waals surface area (Å²) in [5.41, 5.74) is 9.60. The smallest absolute Gasteiger partial charge is 0.269 e. The monoisotopic (exact) mass is 307 g/mol. The number of hydrogen-bond donors (Lipinski definition) is 2. The molecule has 1 aromatic carbocycles. The molecule has 1 aliphatic heterocycles. The highest BCUT2D eigenvalue weighted by Crippen LogP contribution is 2.28. The van der Waals surface area contributed by atoms with Gasteiger partial charge >= 0.3 is 0 Å². The van der Waals surface area contributed by atoms with Crippen LogP contribution in [0.15, 0.2) is 36.7 Å². The summed E-state index contributed by atoms with van der Waals surface area (Å²) in [5.74, 6) is -0.530. The summed E-state index contributed by atoms with van der Waals surface area (Å²) in [6.07, 6.45) is 6.20. The van der Waals surface area contributed by atoms with E-state index in [2.05, 4.69) is 26.1 Å². The molecule has 4 rings (SSSR count). The molecule has 116 valence electrons. The molecule has 23 heavy (non-hydrogen) atoms. The largest absolute Gasteiger partial charge is 0.370 e. The van der Waals surface area contributed by atoms with Gasteiger partial charge in [-0.1, -0.05) is 6.07 Å². The van der Waals surface area contributed by atoms with Crippen molar-refractivity contribution < 1.29 is 4.79 Å². The zero-order valence-electron chi connectivity index (χ0n) is 12.6. The molecular weight excluding hydrogens is 290 g/mol. The standard InChI is InChI=1S/C17H17N5O/c18-17(23)16-14-8-11(3-4-15(14)20-21-16)12-7-13(10-19-9-12)22-5-1-2-6-22/h3-4,7-10H,1-2,5-6H2,(H2,18,23)(H,20,21). The molecule has 0 bridgehead atoms. The van der Waals surface area contributed by atoms with Crippen molar-refractivity contribution in [3.8, 4) is 11.1 Å². The number of nitrogens with zero attached hydrogens (tertiary/aromatic N) is 3. The minimum absolute atomic E-state index is 0.269. The van der Waals surface area contributed by atoms with Crippen LogP contribution < -0.4 is 10.6 Å². The second-order valence-electron chi connectivity index (χ2n) is 5.82. The molecule has 0 unspecified atom stereocenters. The molecule has 0 aliphatic carbocycles. The second kappa shape index (κ2) is 5.39. The van der Waals surface area contributed by atoms with Gasteiger partial charge in [0.25, 0.3) is 5.91 Å². The zero-order valence-corrected chi connectivity index (χ0v) is 12.6. The fourth-order valence-corrected chi connectivity index (χ4v) is 3.12. The summed E-state index contributed by atoms with van der Waals surface area (Å²) < 4.78 is 0. The number of fused-ring (bicyclic) bond motifs is 1. The highest BCUT2D eigenvalue weighted by molar-refractivity contribution is 6.04. The highest BCUT2D eigenvalue weighted by atomic mass is 16.1. The number of aromatic nitrogens is 3. The number of nitrogens with one attached hydrogen (secondary N) is 1. The summed E-state index contributed by atoms with van der Waals surface area (Å²) in [5, 5.41) is 7.55. The number of nitrogens with two attached hydrogens (primary N) is 1. The lowest BCUT2D eigenvalue weighted by Gasteiger charge is -2.17. The number of carbonyl (C=O) groups excluding carboxylic acids is 1. The first-order chi connectivity index (χ1) is 11.2. The molecule has 6 nitrogen and oxygen atoms in total. The molecule has 2 aromatic heterocycles. The molecule has 3 heterocycles. The molecule has 0 atom stereocenters. The molecule has 1 amide bonds. The molecule has 6 heteroatoms. The van der Waals surface area contributed by atoms with Crippen LogP contribution in [0.25, 0.3) is 22.0 Å². The fraction of sp³-hybridized carbons (Fsp3) is 0.235. The van der Waals surface area contributed by atoms with Crippen molar-refractivity contribution >= 4 is 22.5 Å². The number of benzene rings is 1. The van der Waals surface area contributed by atoms with E-state index < -0.39 is 5.91 Å². The zero-order chi connectivity index (χ0) is 15.8. The maximum atomic E-state index is 11.5. The first kappa shape index (κ1) is 13.8. The molecule has 0 spiro atoms. The van der Waals surface area contributed by atoms with Gasteiger partial charge in [0.2, 0.25) is 0 Å². The van der Waals surface area contributed by atoms with E-state index in [0.29, 0.717) is 0 Å². The molecule has 3 aromatic rings. The van der Waals surface area contributed by atoms with Crippen LogP contribution in [0.2, 0.25) is 0 Å². The van der Waals surface area contributed by atoms with E-state index in [-0.39, 0.29) is 5.69 Å². The molecule has 1 fully saturated rings. The Morgan fingerprint density at radius 3 is 2.74 bits per heavy atom. The third-order valence-corrected chi connectivity index (χ3v) is 4.32. The van der Waals surface area contributed by atoms with Crippen LogP contribution in [0.5, 0.6) is 0 Å². The first-order valence-corrected chi connectivity index (χ1v) is 7.71. The Morgan fingerprint density at radius 2 is 1.96 bits per heavy atom. The van der Waals surface area contributed by atoms with E-state index in [0.717, 1.165) is 40.8 Å². The van der Waals surface area contributed by atoms with E-state index in [4.69, 9.17) is 5.73 Å². The number of rotatable bonds is 3. The number of hydrogen-bond acceptors (Lipinski definition) is 4. The number of aromatic amines is 1. The predicted molar refractivity (Wildman–Crippen MR) is 89.3 cm³/mol. The van der Waals surface area contributed by atoms with Crippen molar-refractivity contribution in [2.24, 2.45) is 5.73 Å². The third kappa shape index (κ3) is 2.42. The minimum atomic E-state index is -0.530. The van der Waals surface area contributed by atoms with Crippen LogP contribution in [0.4, 0.5) is 5.69 Å². The maximum absolute atomic E-state index is 11.5. The molecule has 3 N–H and O–H groups in total. The molecule has 1 aliphatic rings. The van der Waals surface area contributed by atoms with Crippen LogP contribution in [0, 0.1) is 0 Å². The van der Waals surface area contributed by atoms with Gasteiger partial charge in [-0.15, -0.1) is 0 Å². The predicted octanol–water partition coefficient (Wildman–Crippen LogP) is 2.32. The van der Waals surface area contributed by atoms with Crippen LogP contribution in [-0.2, 0) is 0 Å². The maximum Gasteiger partial charge on any atom is 0.269 e. The lowest BCUT2D eigenvalue weighted by molar-refractivity contribution is 0.0997. The summed E-state index contributed by atoms with van der Waals surface area (Å²) in [4.78, 5) is 18.2. The lowest BCUT2D eigenvalue weighted by atomic mass is 10.0. The van der Waals surface area contributed by atoms with Gasteiger partial charge in [0.1, 0.15) is 0 Å². The van der Waals surface area contributed by atoms with Gasteiger partial charge in [-0.05, 0) is 36.6 Å². The Kier molecular flexibility index (Phi) is 3.22. The third-order valence-electron chi connectivity index (χ3n) is 4.32. The topological polar surface area (TPSA) is 87.9 Å². The van der Waals surface area contributed by atoms with Crippen molar-refractivity contribution in [3.63, 3.8) is 0 Å². The van der Waals surface area contributed by atoms with Crippen LogP contribution in [-0.4, -0.2) is 34.2 Å². The van der Waals surface area contributed by atoms with E-state index in [9.17, 15) is 4.79 Å². The van der Waals surface area contributed by atoms with Crippen LogP contribution in [0.1, 0.15) is 23.3 Å². The summed E-state index contributed by atoms with van der Waals surface area (Å²) in [6.45, 7) is 2.16. The fourth-order valence-electron chi connectivity index (χ4n) is 3.12. The van der Waals surface area contributed by atoms with Crippen molar-refractivity contribution in [1.82, 2.24) is 15.2 Å². The number of amides is 1. The summed E-state index contributed by atoms with van der Waals surface area (Å²) >= 11 is 0. The number of pyridine rings is 1. The molecule has 0 saturated carbocycles. The number of carbonyl (C=O) groups is 1. The lowest BCUT2D eigenvalue weighted by Crippen LogP contribution is -2.17. The molecule has 1 saturated heterocycles. The molecule has 0 radical (unpaired) electrons. The van der Waals surface area contributed by atoms with E-state index in [1.54, 1.807) is 0 Å². The van der Waals surface area contributed by atoms with E-state index in [1.165, 1.54) is 12.8 Å². The average molecular weight is 307 g/mol. The Morgan fingerprint density at radius 1 is 1.13 bits per heavy atom. The quantitative estimate of drug-likeness (QED) is 0.777. The Hall–Kier alpha value is -2.89. The van der Waals surface area contributed by atoms with E-state index >= 15 is 0 Å². The Bertz CT molecular complexity index is 880. The Labute approximate surface area is 133 Å². The minimum Gasteiger partial charge on any atom is -0.370 e. The second-order valence-corrected chi connectivity index (χ2v) is 5.82. The van der Waals surface area contributed by atoms with Gasteiger partial charge in [-0.3, -0.25) is 14.9 Å². The molecular formula is C17H17N5O. The van der Waals surface area contributed by atoms with Gasteiger partial charge in [0, 0.05) is 30.2 Å². The van der Waals surface area contributed by atoms with Crippen LogP contribution in [0.3, 0.4) is 0 Å².